The van der Waals surface area contributed by atoms with Crippen molar-refractivity contribution in [1.82, 2.24) is 19.7 Å². The lowest BCUT2D eigenvalue weighted by Crippen LogP contribution is -2.39. The van der Waals surface area contributed by atoms with Crippen LogP contribution in [0.4, 0.5) is 0 Å². The Bertz CT molecular complexity index is 945. The molecule has 1 saturated heterocycles. The van der Waals surface area contributed by atoms with Crippen LogP contribution >= 0.6 is 0 Å². The van der Waals surface area contributed by atoms with E-state index in [9.17, 15) is 14.4 Å². The number of likely N-dealkylation sites (tertiary alicyclic amines) is 1. The van der Waals surface area contributed by atoms with E-state index < -0.39 is 0 Å². The van der Waals surface area contributed by atoms with E-state index in [0.717, 1.165) is 50.0 Å². The van der Waals surface area contributed by atoms with Crippen molar-refractivity contribution in [2.45, 2.75) is 38.9 Å². The topological polar surface area (TPSA) is 74.6 Å². The number of piperidine rings is 1. The lowest BCUT2D eigenvalue weighted by Gasteiger charge is -2.27. The molecular weight excluding hydrogens is 380 g/mol. The van der Waals surface area contributed by atoms with Crippen molar-refractivity contribution < 1.29 is 9.59 Å². The largest absolute Gasteiger partial charge is 0.348 e. The van der Waals surface area contributed by atoms with Crippen molar-refractivity contribution in [3.05, 3.63) is 69.6 Å². The molecule has 3 rings (SSSR count). The summed E-state index contributed by atoms with van der Waals surface area (Å²) < 4.78 is 1.33. The molecule has 30 heavy (non-hydrogen) atoms. The molecule has 1 aromatic heterocycles. The number of benzene rings is 1. The molecule has 0 atom stereocenters. The molecule has 0 aliphatic carbocycles. The number of carbonyl (C=O) groups excluding carboxylic acids is 2. The average molecular weight is 411 g/mol. The van der Waals surface area contributed by atoms with Crippen LogP contribution < -0.4 is 10.9 Å². The van der Waals surface area contributed by atoms with Gasteiger partial charge in [0, 0.05) is 38.4 Å². The summed E-state index contributed by atoms with van der Waals surface area (Å²) in [6.45, 7) is 2.62. The highest BCUT2D eigenvalue weighted by Crippen LogP contribution is 2.11. The van der Waals surface area contributed by atoms with E-state index in [1.165, 1.54) is 22.9 Å². The van der Waals surface area contributed by atoms with Gasteiger partial charge in [0.15, 0.2) is 0 Å². The lowest BCUT2D eigenvalue weighted by atomic mass is 10.1. The first-order valence-corrected chi connectivity index (χ1v) is 10.4. The van der Waals surface area contributed by atoms with Crippen LogP contribution in [0, 0.1) is 0 Å². The molecule has 1 aromatic carbocycles. The molecule has 2 amide bonds. The molecule has 0 spiro atoms. The van der Waals surface area contributed by atoms with E-state index in [0.29, 0.717) is 12.1 Å². The summed E-state index contributed by atoms with van der Waals surface area (Å²) in [5, 5.41) is 2.92. The van der Waals surface area contributed by atoms with Gasteiger partial charge in [0.2, 0.25) is 5.91 Å². The quantitative estimate of drug-likeness (QED) is 0.756. The maximum absolute atomic E-state index is 12.7. The average Bonchev–Trinajstić information content (AvgIpc) is 2.74. The van der Waals surface area contributed by atoms with Crippen LogP contribution in [0.15, 0.2) is 47.4 Å². The highest BCUT2D eigenvalue weighted by atomic mass is 16.2. The van der Waals surface area contributed by atoms with Gasteiger partial charge in [-0.3, -0.25) is 14.4 Å². The van der Waals surface area contributed by atoms with Gasteiger partial charge in [0.25, 0.3) is 11.5 Å². The minimum absolute atomic E-state index is 0.0361. The number of carbonyl (C=O) groups is 2. The zero-order valence-corrected chi connectivity index (χ0v) is 17.8. The number of nitrogens with one attached hydrogen (secondary N) is 1. The Morgan fingerprint density at radius 2 is 1.70 bits per heavy atom. The molecule has 7 nitrogen and oxygen atoms in total. The van der Waals surface area contributed by atoms with Crippen LogP contribution in [0.2, 0.25) is 0 Å². The third-order valence-corrected chi connectivity index (χ3v) is 5.30. The van der Waals surface area contributed by atoms with Crippen LogP contribution in [-0.4, -0.2) is 53.4 Å². The number of hydrogen-bond acceptors (Lipinski definition) is 4. The highest BCUT2D eigenvalue weighted by molar-refractivity contribution is 5.93. The number of aromatic nitrogens is 1. The Morgan fingerprint density at radius 3 is 2.40 bits per heavy atom. The molecule has 160 valence electrons. The normalized spacial score (nSPS) is 14.0. The van der Waals surface area contributed by atoms with Crippen LogP contribution in [-0.2, 0) is 24.4 Å². The maximum Gasteiger partial charge on any atom is 0.253 e. The van der Waals surface area contributed by atoms with Gasteiger partial charge in [-0.25, -0.2) is 0 Å². The number of amides is 2. The predicted octanol–water partition coefficient (Wildman–Crippen LogP) is 1.85. The van der Waals surface area contributed by atoms with Gasteiger partial charge in [-0.1, -0.05) is 24.3 Å². The molecule has 2 aromatic rings. The number of pyridine rings is 1. The molecule has 1 fully saturated rings. The van der Waals surface area contributed by atoms with Gasteiger partial charge in [-0.2, -0.15) is 0 Å². The van der Waals surface area contributed by atoms with E-state index in [1.54, 1.807) is 4.90 Å². The third-order valence-electron chi connectivity index (χ3n) is 5.30. The summed E-state index contributed by atoms with van der Waals surface area (Å²) in [6, 6.07) is 10.8. The minimum Gasteiger partial charge on any atom is -0.348 e. The van der Waals surface area contributed by atoms with E-state index in [-0.39, 0.29) is 23.9 Å². The first-order valence-electron chi connectivity index (χ1n) is 10.4. The first-order chi connectivity index (χ1) is 14.4. The molecular formula is C23H30N4O3. The smallest absolute Gasteiger partial charge is 0.253 e. The standard InChI is InChI=1S/C23H30N4O3/c1-25(2)15-19-9-5-4-8-18(19)14-24-23(30)20-10-11-21(28)27(16-20)17-22(29)26-12-6-3-7-13-26/h4-5,8-11,16H,3,6-7,12-15,17H2,1-2H3,(H,24,30). The minimum atomic E-state index is -0.284. The molecule has 1 N–H and O–H groups in total. The second-order valence-electron chi connectivity index (χ2n) is 8.01. The summed E-state index contributed by atoms with van der Waals surface area (Å²) in [7, 11) is 4.01. The van der Waals surface area contributed by atoms with Crippen molar-refractivity contribution in [3.63, 3.8) is 0 Å². The zero-order valence-electron chi connectivity index (χ0n) is 17.8. The van der Waals surface area contributed by atoms with E-state index in [4.69, 9.17) is 0 Å². The lowest BCUT2D eigenvalue weighted by molar-refractivity contribution is -0.132. The van der Waals surface area contributed by atoms with Gasteiger partial charge >= 0.3 is 0 Å². The second-order valence-corrected chi connectivity index (χ2v) is 8.01. The molecule has 0 saturated carbocycles. The number of hydrogen-bond donors (Lipinski definition) is 1. The molecule has 7 heteroatoms. The van der Waals surface area contributed by atoms with Crippen molar-refractivity contribution in [2.75, 3.05) is 27.2 Å². The fourth-order valence-corrected chi connectivity index (χ4v) is 3.68. The Balaban J connectivity index is 1.66. The summed E-state index contributed by atoms with van der Waals surface area (Å²) in [5.41, 5.74) is 2.28. The number of rotatable bonds is 7. The molecule has 0 radical (unpaired) electrons. The Kier molecular flexibility index (Phi) is 7.41. The number of nitrogens with zero attached hydrogens (tertiary/aromatic N) is 3. The van der Waals surface area contributed by atoms with Crippen molar-refractivity contribution >= 4 is 11.8 Å². The molecule has 2 heterocycles. The van der Waals surface area contributed by atoms with Crippen molar-refractivity contribution in [1.29, 1.82) is 0 Å². The Labute approximate surface area is 177 Å². The van der Waals surface area contributed by atoms with Gasteiger partial charge in [-0.05, 0) is 50.6 Å². The van der Waals surface area contributed by atoms with Crippen LogP contribution in [0.1, 0.15) is 40.7 Å². The van der Waals surface area contributed by atoms with E-state index in [1.807, 2.05) is 38.4 Å². The van der Waals surface area contributed by atoms with Gasteiger partial charge in [-0.15, -0.1) is 0 Å². The predicted molar refractivity (Wildman–Crippen MR) is 116 cm³/mol. The summed E-state index contributed by atoms with van der Waals surface area (Å²) >= 11 is 0. The summed E-state index contributed by atoms with van der Waals surface area (Å²) in [6.07, 6.45) is 4.61. The Morgan fingerprint density at radius 1 is 1.00 bits per heavy atom. The van der Waals surface area contributed by atoms with Crippen molar-refractivity contribution in [2.24, 2.45) is 0 Å². The highest BCUT2D eigenvalue weighted by Gasteiger charge is 2.18. The van der Waals surface area contributed by atoms with Crippen molar-refractivity contribution in [3.8, 4) is 0 Å². The van der Waals surface area contributed by atoms with E-state index >= 15 is 0 Å². The monoisotopic (exact) mass is 410 g/mol. The molecule has 0 unspecified atom stereocenters. The Hall–Kier alpha value is -2.93. The second kappa shape index (κ2) is 10.2. The van der Waals surface area contributed by atoms with Crippen LogP contribution in [0.5, 0.6) is 0 Å². The third kappa shape index (κ3) is 5.79. The zero-order chi connectivity index (χ0) is 21.5. The van der Waals surface area contributed by atoms with Crippen LogP contribution in [0.25, 0.3) is 0 Å². The maximum atomic E-state index is 12.7. The summed E-state index contributed by atoms with van der Waals surface area (Å²) in [4.78, 5) is 41.2. The summed E-state index contributed by atoms with van der Waals surface area (Å²) in [5.74, 6) is -0.346. The fourth-order valence-electron chi connectivity index (χ4n) is 3.68. The molecule has 1 aliphatic heterocycles. The molecule has 0 bridgehead atoms. The fraction of sp³-hybridized carbons (Fsp3) is 0.435. The SMILES string of the molecule is CN(C)Cc1ccccc1CNC(=O)c1ccc(=O)n(CC(=O)N2CCCCC2)c1. The molecule has 1 aliphatic rings. The van der Waals surface area contributed by atoms with Crippen LogP contribution in [0.3, 0.4) is 0 Å². The van der Waals surface area contributed by atoms with Gasteiger partial charge < -0.3 is 19.7 Å². The van der Waals surface area contributed by atoms with Gasteiger partial charge in [0.1, 0.15) is 6.54 Å². The first kappa shape index (κ1) is 21.8. The van der Waals surface area contributed by atoms with E-state index in [2.05, 4.69) is 10.2 Å². The van der Waals surface area contributed by atoms with Gasteiger partial charge in [0.05, 0.1) is 5.56 Å².